The SMILES string of the molecule is [2H]c1cc2c(c([2H])c1N(c1c([2H])c([2H])c([2H])c([2H])c1[2H])c1c([2H])c([2H])c([2H])c(-c3c([2H])c([2H])c4c([2H])c([2H])c([2H])c([2H])c4c3-c3c([2H])c([2H])c([2H])c4c3-c3c([2H])c([2H])c([2H])c([2H])c3C43c4c([2H])c([2H])c([2H])c([2H])c4-c4c([2H])c([2H])c([2H])c([2H])c43)c1[2H])C(c1c([2H])c([2H])c([2H])c([2H])c1[2H])(c1c([2H])c([2H])c([2H])c([2H])c1[2H])c1c([2H])c([2H])c([2H])c([2H])c1-2. The van der Waals surface area contributed by atoms with Gasteiger partial charge >= 0.3 is 0 Å². The zero-order valence-electron chi connectivity index (χ0n) is 82.5. The Kier molecular flexibility index (Phi) is 3.61. The summed E-state index contributed by atoms with van der Waals surface area (Å²) in [6.07, 6.45) is 0. The molecule has 1 spiro atoms. The van der Waals surface area contributed by atoms with Crippen LogP contribution in [-0.2, 0) is 10.8 Å². The minimum absolute atomic E-state index is 0.168. The van der Waals surface area contributed by atoms with E-state index in [1.807, 2.05) is 0 Å². The van der Waals surface area contributed by atoms with Gasteiger partial charge in [-0.15, -0.1) is 0 Å². The molecule has 0 N–H and O–H groups in total. The standard InChI is InChI=1S/C72H47N/c1-4-24-50(25-5-1)71(51-26-6-2-7-27-51)63-37-16-12-34-59(63)60-45-43-54(47-68(60)71)73(52-28-8-3-9-29-52)53-30-20-23-49(46-53)56-44-42-48-22-10-11-31-55(48)69(56)62-36-21-41-67-70(62)61-35-15-19-40-66(61)72(67)64-38-17-13-32-57(64)58-33-14-18-39-65(58)72/h1-47H/i1D,2D,3D,4D,5D,6D,7D,8D,9D,10D,11D,12D,13D,14D,15D,16D,17D,18D,19D,20D,21D,22D,23D,24D,25D,26D,27D,28D,29D,30D,31D,32D,33D,34D,35D,36D,37D,38D,39D,40D,41D,42D,43D,44D,46D,47D. The molecule has 340 valence electrons. The monoisotopic (exact) mass is 972 g/mol. The van der Waals surface area contributed by atoms with E-state index >= 15 is 0 Å². The number of para-hydroxylation sites is 1. The molecule has 12 aromatic rings. The predicted molar refractivity (Wildman–Crippen MR) is 303 cm³/mol. The third-order valence-corrected chi connectivity index (χ3v) is 13.0. The van der Waals surface area contributed by atoms with Crippen molar-refractivity contribution in [3.8, 4) is 55.6 Å². The van der Waals surface area contributed by atoms with E-state index < -0.39 is 417 Å². The number of hydrogen-bond donors (Lipinski definition) is 0. The van der Waals surface area contributed by atoms with Gasteiger partial charge in [0.1, 0.15) is 0 Å². The molecule has 0 aliphatic heterocycles. The first kappa shape index (κ1) is 16.4. The third kappa shape index (κ3) is 5.79. The summed E-state index contributed by atoms with van der Waals surface area (Å²) in [7, 11) is 0. The van der Waals surface area contributed by atoms with Crippen LogP contribution in [-0.4, -0.2) is 0 Å². The maximum Gasteiger partial charge on any atom is 0.0725 e. The first-order chi connectivity index (χ1) is 55.4. The predicted octanol–water partition coefficient (Wildman–Crippen LogP) is 18.4. The van der Waals surface area contributed by atoms with E-state index in [9.17, 15) is 43.9 Å². The summed E-state index contributed by atoms with van der Waals surface area (Å²) in [6, 6.07) is -57.9. The van der Waals surface area contributed by atoms with Crippen LogP contribution in [0.1, 0.15) is 108 Å². The number of fused-ring (bicyclic) bond motifs is 14. The lowest BCUT2D eigenvalue weighted by Gasteiger charge is -2.35. The van der Waals surface area contributed by atoms with Gasteiger partial charge in [0.25, 0.3) is 0 Å². The normalized spacial score (nSPS) is 22.5. The largest absolute Gasteiger partial charge is 0.310 e. The van der Waals surface area contributed by atoms with Crippen LogP contribution in [0.4, 0.5) is 17.1 Å². The Balaban J connectivity index is 1.20. The van der Waals surface area contributed by atoms with Gasteiger partial charge in [0, 0.05) is 17.1 Å². The molecule has 1 heteroatoms. The van der Waals surface area contributed by atoms with E-state index in [4.69, 9.17) is 19.2 Å². The van der Waals surface area contributed by atoms with Gasteiger partial charge in [0.05, 0.1) is 73.9 Å². The molecule has 0 amide bonds. The number of nitrogens with zero attached hydrogens (tertiary/aromatic N) is 1. The van der Waals surface area contributed by atoms with Crippen LogP contribution >= 0.6 is 0 Å². The molecule has 0 unspecified atom stereocenters. The molecule has 0 saturated heterocycles. The second-order valence-corrected chi connectivity index (χ2v) is 16.3. The topological polar surface area (TPSA) is 3.24 Å². The molecule has 15 rings (SSSR count). The lowest BCUT2D eigenvalue weighted by molar-refractivity contribution is 0.768. The van der Waals surface area contributed by atoms with Crippen molar-refractivity contribution in [3.05, 3.63) is 329 Å². The van der Waals surface area contributed by atoms with Crippen molar-refractivity contribution < 1.29 is 63.1 Å². The Morgan fingerprint density at radius 3 is 1.42 bits per heavy atom. The molecule has 12 aromatic carbocycles. The van der Waals surface area contributed by atoms with E-state index in [0.717, 1.165) is 0 Å². The van der Waals surface area contributed by atoms with Crippen molar-refractivity contribution in [1.82, 2.24) is 0 Å². The Morgan fingerprint density at radius 1 is 0.274 bits per heavy atom. The number of hydrogen-bond acceptors (Lipinski definition) is 1. The van der Waals surface area contributed by atoms with Crippen LogP contribution in [0, 0.1) is 0 Å². The van der Waals surface area contributed by atoms with Crippen molar-refractivity contribution >= 4 is 27.8 Å². The summed E-state index contributed by atoms with van der Waals surface area (Å²) in [4.78, 5) is 0.168. The quantitative estimate of drug-likeness (QED) is 0.154. The van der Waals surface area contributed by atoms with Crippen molar-refractivity contribution in [3.63, 3.8) is 0 Å². The molecule has 0 heterocycles. The molecule has 73 heavy (non-hydrogen) atoms. The van der Waals surface area contributed by atoms with Gasteiger partial charge in [-0.05, 0) is 147 Å². The zero-order chi connectivity index (χ0) is 88.1. The Morgan fingerprint density at radius 2 is 0.753 bits per heavy atom. The summed E-state index contributed by atoms with van der Waals surface area (Å²) < 4.78 is 441. The van der Waals surface area contributed by atoms with Gasteiger partial charge in [-0.1, -0.05) is 248 Å². The summed E-state index contributed by atoms with van der Waals surface area (Å²) in [5.41, 5.74) is -29.6. The van der Waals surface area contributed by atoms with Crippen LogP contribution in [0.15, 0.2) is 284 Å². The fourth-order valence-electron chi connectivity index (χ4n) is 10.3. The Labute approximate surface area is 491 Å². The molecule has 0 bridgehead atoms. The lowest BCUT2D eigenvalue weighted by Crippen LogP contribution is -2.28. The summed E-state index contributed by atoms with van der Waals surface area (Å²) >= 11 is 0. The van der Waals surface area contributed by atoms with Crippen LogP contribution in [0.25, 0.3) is 66.4 Å². The summed E-state index contributed by atoms with van der Waals surface area (Å²) in [6.45, 7) is 0. The highest BCUT2D eigenvalue weighted by Crippen LogP contribution is 2.65. The minimum atomic E-state index is -3.55. The van der Waals surface area contributed by atoms with Crippen LogP contribution in [0.3, 0.4) is 0 Å². The smallest absolute Gasteiger partial charge is 0.0725 e. The maximum absolute atomic E-state index is 10.9. The van der Waals surface area contributed by atoms with Crippen molar-refractivity contribution in [2.75, 3.05) is 4.90 Å². The van der Waals surface area contributed by atoms with Crippen LogP contribution in [0.5, 0.6) is 0 Å². The zero-order valence-corrected chi connectivity index (χ0v) is 36.5. The fourth-order valence-corrected chi connectivity index (χ4v) is 10.3. The Bertz CT molecular complexity index is 6720. The minimum Gasteiger partial charge on any atom is -0.310 e. The maximum atomic E-state index is 10.9. The van der Waals surface area contributed by atoms with Gasteiger partial charge < -0.3 is 4.90 Å². The number of anilines is 3. The van der Waals surface area contributed by atoms with Gasteiger partial charge in [-0.3, -0.25) is 0 Å². The van der Waals surface area contributed by atoms with Crippen molar-refractivity contribution in [2.45, 2.75) is 10.8 Å². The second-order valence-electron chi connectivity index (χ2n) is 16.3. The molecular weight excluding hydrogens is 879 g/mol. The van der Waals surface area contributed by atoms with E-state index in [1.54, 1.807) is 0 Å². The highest BCUT2D eigenvalue weighted by molar-refractivity contribution is 6.10. The summed E-state index contributed by atoms with van der Waals surface area (Å²) in [5, 5.41) is -2.13. The second kappa shape index (κ2) is 16.1. The molecule has 0 aromatic heterocycles. The highest BCUT2D eigenvalue weighted by atomic mass is 15.1. The van der Waals surface area contributed by atoms with Crippen LogP contribution < -0.4 is 4.90 Å². The molecule has 0 saturated carbocycles. The van der Waals surface area contributed by atoms with Gasteiger partial charge in [0.15, 0.2) is 0 Å². The lowest BCUT2D eigenvalue weighted by atomic mass is 9.67. The fraction of sp³-hybridized carbons (Fsp3) is 0.0278. The van der Waals surface area contributed by atoms with Gasteiger partial charge in [0.2, 0.25) is 0 Å². The first-order valence-corrected chi connectivity index (χ1v) is 21.7. The summed E-state index contributed by atoms with van der Waals surface area (Å²) in [5.74, 6) is 0. The van der Waals surface area contributed by atoms with Gasteiger partial charge in [-0.2, -0.15) is 0 Å². The Hall–Kier alpha value is -9.30. The van der Waals surface area contributed by atoms with E-state index in [-0.39, 0.29) is 4.90 Å². The van der Waals surface area contributed by atoms with Gasteiger partial charge in [-0.25, -0.2) is 0 Å². The molecule has 3 aliphatic carbocycles. The average Bonchev–Trinajstić information content (AvgIpc) is 1.48. The molecule has 0 radical (unpaired) electrons. The number of benzene rings is 12. The molecule has 0 fully saturated rings. The number of rotatable bonds is 7. The molecule has 0 atom stereocenters. The van der Waals surface area contributed by atoms with Crippen molar-refractivity contribution in [1.29, 1.82) is 0 Å². The molecule has 1 nitrogen and oxygen atoms in total. The van der Waals surface area contributed by atoms with Crippen molar-refractivity contribution in [2.24, 2.45) is 0 Å². The average molecular weight is 972 g/mol. The molecule has 3 aliphatic rings. The van der Waals surface area contributed by atoms with Crippen LogP contribution in [0.2, 0.25) is 0 Å². The molecular formula is C72H47N. The first-order valence-electron chi connectivity index (χ1n) is 44.7. The third-order valence-electron chi connectivity index (χ3n) is 13.0. The van der Waals surface area contributed by atoms with E-state index in [1.165, 1.54) is 0 Å². The van der Waals surface area contributed by atoms with E-state index in [0.29, 0.717) is 6.07 Å². The highest BCUT2D eigenvalue weighted by Gasteiger charge is 2.52. The van der Waals surface area contributed by atoms with E-state index in [2.05, 4.69) is 0 Å².